The summed E-state index contributed by atoms with van der Waals surface area (Å²) in [4.78, 5) is 10.5. The van der Waals surface area contributed by atoms with Gasteiger partial charge < -0.3 is 4.57 Å². The van der Waals surface area contributed by atoms with Gasteiger partial charge in [0, 0.05) is 33.6 Å². The highest BCUT2D eigenvalue weighted by Crippen LogP contribution is 2.39. The van der Waals surface area contributed by atoms with Gasteiger partial charge in [0.15, 0.2) is 0 Å². The summed E-state index contributed by atoms with van der Waals surface area (Å²) >= 11 is 1.69. The lowest BCUT2D eigenvalue weighted by atomic mass is 10.0. The van der Waals surface area contributed by atoms with Gasteiger partial charge in [-0.15, -0.1) is 11.3 Å². The average molecular weight is 569 g/mol. The first-order chi connectivity index (χ1) is 21.3. The van der Waals surface area contributed by atoms with Gasteiger partial charge in [-0.2, -0.15) is 0 Å². The fraction of sp³-hybridized carbons (Fsp3) is 0. The van der Waals surface area contributed by atoms with Crippen LogP contribution in [0.2, 0.25) is 0 Å². The summed E-state index contributed by atoms with van der Waals surface area (Å²) in [6.07, 6.45) is 2.16. The molecular weight excluding hydrogens is 545 g/mol. The minimum Gasteiger partial charge on any atom is -0.316 e. The molecule has 0 unspecified atom stereocenters. The molecular formula is C38H24N4S. The van der Waals surface area contributed by atoms with Crippen molar-refractivity contribution >= 4 is 54.3 Å². The number of aromatic nitrogens is 4. The van der Waals surface area contributed by atoms with E-state index in [1.54, 1.807) is 11.3 Å². The van der Waals surface area contributed by atoms with Crippen LogP contribution in [0.4, 0.5) is 0 Å². The molecule has 0 amide bonds. The molecule has 4 nitrogen and oxygen atoms in total. The second-order valence-corrected chi connectivity index (χ2v) is 11.6. The SMILES string of the molecule is c1ccc(-c2ccc(-c3nc(-n4c5ccccc5c5ccc6c(ccn6-c6ccccc6)c54)nc4ccsc34)cc2)cc1. The van der Waals surface area contributed by atoms with E-state index in [0.717, 1.165) is 43.7 Å². The molecule has 0 aliphatic heterocycles. The monoisotopic (exact) mass is 568 g/mol. The van der Waals surface area contributed by atoms with Gasteiger partial charge in [0.25, 0.3) is 0 Å². The molecule has 0 radical (unpaired) electrons. The smallest absolute Gasteiger partial charge is 0.235 e. The predicted molar refractivity (Wildman–Crippen MR) is 179 cm³/mol. The first kappa shape index (κ1) is 24.1. The van der Waals surface area contributed by atoms with Crippen LogP contribution >= 0.6 is 11.3 Å². The lowest BCUT2D eigenvalue weighted by Crippen LogP contribution is -2.03. The first-order valence-corrected chi connectivity index (χ1v) is 15.2. The van der Waals surface area contributed by atoms with Gasteiger partial charge >= 0.3 is 0 Å². The molecule has 0 saturated carbocycles. The van der Waals surface area contributed by atoms with Crippen LogP contribution in [-0.4, -0.2) is 19.1 Å². The Morgan fingerprint density at radius 1 is 0.512 bits per heavy atom. The van der Waals surface area contributed by atoms with Gasteiger partial charge in [-0.3, -0.25) is 4.57 Å². The summed E-state index contributed by atoms with van der Waals surface area (Å²) in [5, 5.41) is 5.65. The number of para-hydroxylation sites is 2. The summed E-state index contributed by atoms with van der Waals surface area (Å²) in [6.45, 7) is 0. The van der Waals surface area contributed by atoms with E-state index in [1.807, 2.05) is 6.07 Å². The van der Waals surface area contributed by atoms with E-state index in [-0.39, 0.29) is 0 Å². The third-order valence-electron chi connectivity index (χ3n) is 8.29. The van der Waals surface area contributed by atoms with Crippen LogP contribution in [0.5, 0.6) is 0 Å². The Morgan fingerprint density at radius 3 is 2.07 bits per heavy atom. The van der Waals surface area contributed by atoms with Gasteiger partial charge in [0.2, 0.25) is 5.95 Å². The van der Waals surface area contributed by atoms with Crippen molar-refractivity contribution in [2.45, 2.75) is 0 Å². The Balaban J connectivity index is 1.30. The Labute approximate surface area is 251 Å². The minimum atomic E-state index is 0.680. The van der Waals surface area contributed by atoms with Crippen molar-refractivity contribution in [1.29, 1.82) is 0 Å². The molecule has 4 heterocycles. The molecule has 0 aliphatic carbocycles. The fourth-order valence-corrected chi connectivity index (χ4v) is 7.14. The van der Waals surface area contributed by atoms with E-state index in [9.17, 15) is 0 Å². The van der Waals surface area contributed by atoms with Crippen LogP contribution < -0.4 is 0 Å². The number of hydrogen-bond donors (Lipinski definition) is 0. The summed E-state index contributed by atoms with van der Waals surface area (Å²) in [7, 11) is 0. The molecule has 5 aromatic carbocycles. The van der Waals surface area contributed by atoms with E-state index in [0.29, 0.717) is 5.95 Å². The molecule has 0 atom stereocenters. The zero-order chi connectivity index (χ0) is 28.3. The van der Waals surface area contributed by atoms with Crippen molar-refractivity contribution in [2.75, 3.05) is 0 Å². The predicted octanol–water partition coefficient (Wildman–Crippen LogP) is 10.1. The molecule has 9 rings (SSSR count). The normalized spacial score (nSPS) is 11.7. The molecule has 0 aliphatic rings. The van der Waals surface area contributed by atoms with Crippen molar-refractivity contribution in [3.63, 3.8) is 0 Å². The Kier molecular flexibility index (Phi) is 5.33. The molecule has 5 heteroatoms. The highest BCUT2D eigenvalue weighted by Gasteiger charge is 2.20. The lowest BCUT2D eigenvalue weighted by Gasteiger charge is -2.11. The molecule has 0 spiro atoms. The topological polar surface area (TPSA) is 35.6 Å². The van der Waals surface area contributed by atoms with Crippen LogP contribution in [0.3, 0.4) is 0 Å². The van der Waals surface area contributed by atoms with Crippen molar-refractivity contribution in [3.8, 4) is 34.0 Å². The molecule has 0 bridgehead atoms. The third-order valence-corrected chi connectivity index (χ3v) is 9.20. The zero-order valence-corrected chi connectivity index (χ0v) is 23.9. The Morgan fingerprint density at radius 2 is 1.23 bits per heavy atom. The molecule has 0 fully saturated rings. The number of hydrogen-bond acceptors (Lipinski definition) is 3. The van der Waals surface area contributed by atoms with Crippen LogP contribution in [0, 0.1) is 0 Å². The van der Waals surface area contributed by atoms with E-state index in [4.69, 9.17) is 9.97 Å². The molecule has 0 saturated heterocycles. The van der Waals surface area contributed by atoms with Crippen molar-refractivity contribution in [2.24, 2.45) is 0 Å². The second kappa shape index (κ2) is 9.51. The number of thiophene rings is 1. The highest BCUT2D eigenvalue weighted by molar-refractivity contribution is 7.17. The number of rotatable bonds is 4. The second-order valence-electron chi connectivity index (χ2n) is 10.7. The van der Waals surface area contributed by atoms with E-state index >= 15 is 0 Å². The quantitative estimate of drug-likeness (QED) is 0.212. The molecule has 9 aromatic rings. The van der Waals surface area contributed by atoms with Gasteiger partial charge in [0.05, 0.1) is 32.5 Å². The maximum Gasteiger partial charge on any atom is 0.235 e. The van der Waals surface area contributed by atoms with Crippen molar-refractivity contribution in [3.05, 3.63) is 145 Å². The first-order valence-electron chi connectivity index (χ1n) is 14.3. The Bertz CT molecular complexity index is 2430. The number of fused-ring (bicyclic) bond motifs is 6. The van der Waals surface area contributed by atoms with E-state index < -0.39 is 0 Å². The number of benzene rings is 5. The third kappa shape index (κ3) is 3.75. The van der Waals surface area contributed by atoms with Crippen molar-refractivity contribution < 1.29 is 0 Å². The van der Waals surface area contributed by atoms with Crippen LogP contribution in [0.1, 0.15) is 0 Å². The largest absolute Gasteiger partial charge is 0.316 e. The molecule has 0 N–H and O–H groups in total. The summed E-state index contributed by atoms with van der Waals surface area (Å²) in [5.74, 6) is 0.680. The minimum absolute atomic E-state index is 0.680. The van der Waals surface area contributed by atoms with Gasteiger partial charge in [-0.05, 0) is 52.9 Å². The lowest BCUT2D eigenvalue weighted by molar-refractivity contribution is 1.02. The maximum atomic E-state index is 5.32. The molecule has 4 aromatic heterocycles. The fourth-order valence-electron chi connectivity index (χ4n) is 6.30. The molecule has 202 valence electrons. The van der Waals surface area contributed by atoms with Gasteiger partial charge in [-0.1, -0.05) is 97.1 Å². The van der Waals surface area contributed by atoms with Gasteiger partial charge in [-0.25, -0.2) is 9.97 Å². The number of nitrogens with zero attached hydrogens (tertiary/aromatic N) is 4. The van der Waals surface area contributed by atoms with Crippen LogP contribution in [0.15, 0.2) is 145 Å². The zero-order valence-electron chi connectivity index (χ0n) is 23.1. The summed E-state index contributed by atoms with van der Waals surface area (Å²) in [6, 6.07) is 47.0. The summed E-state index contributed by atoms with van der Waals surface area (Å²) < 4.78 is 5.60. The molecule has 43 heavy (non-hydrogen) atoms. The van der Waals surface area contributed by atoms with Gasteiger partial charge in [0.1, 0.15) is 0 Å². The van der Waals surface area contributed by atoms with Crippen LogP contribution in [-0.2, 0) is 0 Å². The standard InChI is InChI=1S/C38H24N4S/c1-3-9-25(10-4-1)26-15-17-27(18-16-26)35-37-32(22-24-43-37)39-38(40-35)42-34-14-8-7-13-29(34)30-19-20-33-31(36(30)42)21-23-41(33)28-11-5-2-6-12-28/h1-24H. The Hall–Kier alpha value is -5.52. The van der Waals surface area contributed by atoms with Crippen LogP contribution in [0.25, 0.3) is 76.9 Å². The van der Waals surface area contributed by atoms with Crippen molar-refractivity contribution in [1.82, 2.24) is 19.1 Å². The summed E-state index contributed by atoms with van der Waals surface area (Å²) in [5.41, 5.74) is 9.88. The van der Waals surface area contributed by atoms with E-state index in [1.165, 1.54) is 27.3 Å². The van der Waals surface area contributed by atoms with E-state index in [2.05, 4.69) is 148 Å². The maximum absolute atomic E-state index is 5.32. The average Bonchev–Trinajstić information content (AvgIpc) is 3.81. The highest BCUT2D eigenvalue weighted by atomic mass is 32.1.